The first-order chi connectivity index (χ1) is 49.7. The fourth-order valence-corrected chi connectivity index (χ4v) is 13.1. The second kappa shape index (κ2) is 65.3. The number of hydrogen-bond donors (Lipinski definition) is 1. The molecular weight excluding hydrogens is 1320 g/mol. The van der Waals surface area contributed by atoms with Gasteiger partial charge in [-0.25, -0.2) is 0 Å². The molecule has 14 rings (SSSR count). The lowest BCUT2D eigenvalue weighted by Crippen LogP contribution is -2.27. The van der Waals surface area contributed by atoms with Crippen LogP contribution in [0, 0.1) is 55.3 Å². The van der Waals surface area contributed by atoms with Gasteiger partial charge in [-0.3, -0.25) is 9.67 Å². The lowest BCUT2D eigenvalue weighted by atomic mass is 9.88. The van der Waals surface area contributed by atoms with Crippen molar-refractivity contribution in [2.75, 3.05) is 13.1 Å². The van der Waals surface area contributed by atoms with E-state index >= 15 is 0 Å². The smallest absolute Gasteiger partial charge is 0.317 e. The number of nitrogens with one attached hydrogen (secondary N) is 1. The van der Waals surface area contributed by atoms with Crippen LogP contribution < -0.4 is 5.32 Å². The number of alkyl halides is 3. The SMILES string of the molecule is C.CC1CC1.CC1CCC1.CC1CCCC1.CC1CCCCC1.CCC1CC1.CCC1CCCCC1.CCC1CCNCC1.CCc1ccc(C(F)(F)F)cc1.CCc1ccc(C)cc1.CCc1ccc(C)s1.CCc1ccccc1.CCc1cccnc1.CCc1ccn(C)n1.CCc1ccsc1. The molecule has 0 bridgehead atoms. The number of hydrogen-bond acceptors (Lipinski definition) is 5. The Morgan fingerprint density at radius 1 is 0.433 bits per heavy atom. The largest absolute Gasteiger partial charge is 0.416 e. The first-order valence-corrected chi connectivity index (χ1v) is 43.3. The van der Waals surface area contributed by atoms with Crippen LogP contribution in [0.4, 0.5) is 13.2 Å². The maximum Gasteiger partial charge on any atom is 0.416 e. The third-order valence-corrected chi connectivity index (χ3v) is 22.2. The summed E-state index contributed by atoms with van der Waals surface area (Å²) >= 11 is 3.65. The van der Waals surface area contributed by atoms with Gasteiger partial charge in [-0.05, 0) is 207 Å². The summed E-state index contributed by atoms with van der Waals surface area (Å²) in [5.41, 5.74) is 8.41. The molecule has 590 valence electrons. The Bertz CT molecular complexity index is 2760. The number of thiophene rings is 2. The highest BCUT2D eigenvalue weighted by atomic mass is 32.1. The maximum absolute atomic E-state index is 12.0. The molecule has 4 nitrogen and oxygen atoms in total. The summed E-state index contributed by atoms with van der Waals surface area (Å²) in [4.78, 5) is 6.86. The van der Waals surface area contributed by atoms with Crippen LogP contribution in [0.3, 0.4) is 0 Å². The van der Waals surface area contributed by atoms with Crippen molar-refractivity contribution in [3.05, 3.63) is 199 Å². The highest BCUT2D eigenvalue weighted by molar-refractivity contribution is 7.11. The second-order valence-corrected chi connectivity index (χ2v) is 32.0. The third kappa shape index (κ3) is 57.4. The number of rotatable bonds is 10. The summed E-state index contributed by atoms with van der Waals surface area (Å²) in [6, 6.07) is 36.9. The van der Waals surface area contributed by atoms with Crippen LogP contribution >= 0.6 is 22.7 Å². The molecule has 5 heterocycles. The predicted octanol–water partition coefficient (Wildman–Crippen LogP) is 30.5. The molecule has 0 unspecified atom stereocenters. The monoisotopic (exact) mass is 1480 g/mol. The minimum atomic E-state index is -4.22. The van der Waals surface area contributed by atoms with Crippen molar-refractivity contribution in [3.8, 4) is 0 Å². The minimum absolute atomic E-state index is 0. The second-order valence-electron chi connectivity index (χ2n) is 29.8. The number of aromatic nitrogens is 3. The van der Waals surface area contributed by atoms with Crippen molar-refractivity contribution < 1.29 is 13.2 Å². The van der Waals surface area contributed by atoms with Crippen LogP contribution in [-0.4, -0.2) is 27.9 Å². The first-order valence-electron chi connectivity index (χ1n) is 41.6. The summed E-state index contributed by atoms with van der Waals surface area (Å²) in [5.74, 6) is 7.48. The molecule has 7 fully saturated rings. The van der Waals surface area contributed by atoms with Gasteiger partial charge in [-0.1, -0.05) is 337 Å². The predicted molar refractivity (Wildman–Crippen MR) is 459 cm³/mol. The molecule has 7 aromatic rings. The van der Waals surface area contributed by atoms with Crippen LogP contribution in [0.5, 0.6) is 0 Å². The van der Waals surface area contributed by atoms with Crippen molar-refractivity contribution in [2.24, 2.45) is 48.5 Å². The molecule has 1 saturated heterocycles. The number of piperidine rings is 1. The van der Waals surface area contributed by atoms with Crippen molar-refractivity contribution in [1.82, 2.24) is 20.1 Å². The van der Waals surface area contributed by atoms with Gasteiger partial charge in [0.25, 0.3) is 0 Å². The van der Waals surface area contributed by atoms with Crippen molar-refractivity contribution in [1.29, 1.82) is 0 Å². The summed E-state index contributed by atoms with van der Waals surface area (Å²) in [6.07, 6.45) is 47.3. The molecule has 0 spiro atoms. The fourth-order valence-electron chi connectivity index (χ4n) is 11.5. The van der Waals surface area contributed by atoms with E-state index in [0.29, 0.717) is 0 Å². The molecule has 6 aliphatic carbocycles. The van der Waals surface area contributed by atoms with E-state index in [1.54, 1.807) is 17.5 Å². The summed E-state index contributed by atoms with van der Waals surface area (Å²) in [5, 5.41) is 11.8. The van der Waals surface area contributed by atoms with Gasteiger partial charge in [0.1, 0.15) is 0 Å². The molecule has 4 aromatic heterocycles. The molecule has 1 N–H and O–H groups in total. The van der Waals surface area contributed by atoms with Crippen molar-refractivity contribution in [3.63, 3.8) is 0 Å². The highest BCUT2D eigenvalue weighted by Gasteiger charge is 2.30. The third-order valence-electron chi connectivity index (χ3n) is 20.3. The topological polar surface area (TPSA) is 42.7 Å². The molecule has 0 radical (unpaired) electrons. The Hall–Kier alpha value is -4.83. The zero-order chi connectivity index (χ0) is 76.1. The maximum atomic E-state index is 12.0. The Kier molecular flexibility index (Phi) is 62.2. The van der Waals surface area contributed by atoms with Gasteiger partial charge >= 0.3 is 6.18 Å². The van der Waals surface area contributed by atoms with Gasteiger partial charge in [-0.15, -0.1) is 11.3 Å². The number of nitrogens with zero attached hydrogens (tertiary/aromatic N) is 3. The van der Waals surface area contributed by atoms with Gasteiger partial charge in [0.05, 0.1) is 11.3 Å². The Morgan fingerprint density at radius 2 is 0.875 bits per heavy atom. The van der Waals surface area contributed by atoms with Crippen LogP contribution in [0.2, 0.25) is 0 Å². The van der Waals surface area contributed by atoms with Gasteiger partial charge in [0, 0.05) is 35.4 Å². The fraction of sp³-hybridized carbons (Fsp3) is 0.642. The van der Waals surface area contributed by atoms with E-state index in [1.165, 1.54) is 243 Å². The van der Waals surface area contributed by atoms with E-state index in [2.05, 4.69) is 203 Å². The average Bonchev–Trinajstić information content (AvgIpc) is 0.880. The molecule has 3 aromatic carbocycles. The average molecular weight is 1480 g/mol. The van der Waals surface area contributed by atoms with E-state index in [9.17, 15) is 13.2 Å². The van der Waals surface area contributed by atoms with Crippen LogP contribution in [-0.2, 0) is 58.2 Å². The first kappa shape index (κ1) is 99.2. The van der Waals surface area contributed by atoms with E-state index in [0.717, 1.165) is 96.9 Å². The van der Waals surface area contributed by atoms with E-state index < -0.39 is 11.7 Å². The highest BCUT2D eigenvalue weighted by Crippen LogP contribution is 2.32. The number of pyridine rings is 1. The van der Waals surface area contributed by atoms with Crippen LogP contribution in [0.25, 0.3) is 0 Å². The molecule has 9 heteroatoms. The Labute approximate surface area is 648 Å². The molecule has 6 saturated carbocycles. The molecule has 0 atom stereocenters. The van der Waals surface area contributed by atoms with Crippen molar-refractivity contribution >= 4 is 22.7 Å². The summed E-state index contributed by atoms with van der Waals surface area (Å²) in [6.45, 7) is 37.7. The van der Waals surface area contributed by atoms with Crippen LogP contribution in [0.1, 0.15) is 326 Å². The standard InChI is InChI=1S/C9H9F3.C9H12.C8H16.C8H10.C7H15N.C7H9N.C7H10S.C7H14.C6H10N2.C6H8S.C6H12.2C5H10.C4H8.CH4/c1-2-7-3-5-8(6-4-7)9(10,11)12;1-3-9-6-4-8(2)5-7-9;2*1-2-8-6-4-3-5-7-8;1-2-7-3-5-8-6-4-7;1-2-7-4-3-5-8-6-7;1-3-7-5-4-6(2)8-7;1-7-5-3-2-4-6-7;1-3-6-4-5-8(2)7-6;1-2-6-3-4-7-5-6;1-6-4-2-3-5-6;1-5-3-2-4-5;1-2-5-3-4-5;1-4-2-3-4;/h3-6H,2H2,1H3;4-7H,3H2,1-2H3;8H,2-7H2,1H3;3-7H,2H2,1H3;7-8H,2-6H2,1H3;3-6H,2H2,1H3;4-5H,3H2,1-2H3;7H,2-6H2,1H3;4-5H,3H2,1-2H3;3-5H,2H2,1H3;6H,2-5H2,1H3;2*5H,2-4H2,1H3;4H,2-3H2,1H3;1H4. The van der Waals surface area contributed by atoms with Crippen LogP contribution in [0.15, 0.2) is 145 Å². The minimum Gasteiger partial charge on any atom is -0.317 e. The van der Waals surface area contributed by atoms with Gasteiger partial charge in [0.2, 0.25) is 0 Å². The normalized spacial score (nSPS) is 15.9. The molecule has 0 amide bonds. The lowest BCUT2D eigenvalue weighted by molar-refractivity contribution is -0.137. The lowest BCUT2D eigenvalue weighted by Gasteiger charge is -2.20. The summed E-state index contributed by atoms with van der Waals surface area (Å²) in [7, 11) is 1.93. The zero-order valence-electron chi connectivity index (χ0n) is 68.9. The summed E-state index contributed by atoms with van der Waals surface area (Å²) < 4.78 is 37.9. The zero-order valence-corrected chi connectivity index (χ0v) is 70.6. The molecule has 104 heavy (non-hydrogen) atoms. The number of aryl methyl sites for hydroxylation is 10. The molecule has 1 aliphatic heterocycles. The van der Waals surface area contributed by atoms with Gasteiger partial charge in [0.15, 0.2) is 0 Å². The van der Waals surface area contributed by atoms with Gasteiger partial charge < -0.3 is 5.32 Å². The number of halogens is 3. The Morgan fingerprint density at radius 3 is 1.12 bits per heavy atom. The van der Waals surface area contributed by atoms with E-state index in [1.807, 2.05) is 60.6 Å². The Balaban J connectivity index is 0.00000110. The molecule has 7 aliphatic rings. The molecular formula is C95H157F3N4S2. The van der Waals surface area contributed by atoms with Crippen molar-refractivity contribution in [2.45, 2.75) is 336 Å². The quantitative estimate of drug-likeness (QED) is 0.148. The van der Waals surface area contributed by atoms with E-state index in [4.69, 9.17) is 0 Å². The van der Waals surface area contributed by atoms with E-state index in [-0.39, 0.29) is 7.43 Å². The van der Waals surface area contributed by atoms with Gasteiger partial charge in [-0.2, -0.15) is 29.6 Å². The number of benzene rings is 3.